The first-order chi connectivity index (χ1) is 13.3. The van der Waals surface area contributed by atoms with Crippen molar-refractivity contribution < 1.29 is 5.11 Å². The number of rotatable bonds is 4. The minimum Gasteiger partial charge on any atom is -0.396 e. The van der Waals surface area contributed by atoms with Gasteiger partial charge in [0.1, 0.15) is 0 Å². The van der Waals surface area contributed by atoms with Gasteiger partial charge in [-0.05, 0) is 34.2 Å². The van der Waals surface area contributed by atoms with Crippen LogP contribution in [-0.2, 0) is 5.54 Å². The predicted molar refractivity (Wildman–Crippen MR) is 109 cm³/mol. The maximum atomic E-state index is 9.56. The summed E-state index contributed by atoms with van der Waals surface area (Å²) in [5, 5.41) is 13.5. The molecule has 0 radical (unpaired) electrons. The normalized spacial score (nSPS) is 21.8. The van der Waals surface area contributed by atoms with Crippen LogP contribution in [0.1, 0.15) is 23.1 Å². The number of benzene rings is 3. The van der Waals surface area contributed by atoms with E-state index in [1.165, 1.54) is 27.8 Å². The van der Waals surface area contributed by atoms with E-state index >= 15 is 0 Å². The molecule has 0 bridgehead atoms. The van der Waals surface area contributed by atoms with E-state index < -0.39 is 0 Å². The van der Waals surface area contributed by atoms with E-state index in [-0.39, 0.29) is 24.1 Å². The van der Waals surface area contributed by atoms with Gasteiger partial charge in [0, 0.05) is 18.6 Å². The number of nitrogens with one attached hydrogen (secondary N) is 1. The number of fused-ring (bicyclic) bond motifs is 3. The third-order valence-corrected chi connectivity index (χ3v) is 5.97. The molecule has 0 aromatic heterocycles. The number of aliphatic hydroxyl groups is 1. The lowest BCUT2D eigenvalue weighted by atomic mass is 9.80. The Balaban J connectivity index is 1.73. The van der Waals surface area contributed by atoms with Gasteiger partial charge < -0.3 is 5.11 Å². The van der Waals surface area contributed by atoms with Crippen LogP contribution in [0, 0.1) is 5.92 Å². The summed E-state index contributed by atoms with van der Waals surface area (Å²) in [5.41, 5.74) is 6.07. The first-order valence-corrected chi connectivity index (χ1v) is 9.65. The zero-order chi connectivity index (χ0) is 18.3. The Hall–Kier alpha value is -2.68. The molecular formula is C25H23NO. The molecule has 0 saturated heterocycles. The molecular weight excluding hydrogens is 330 g/mol. The fourth-order valence-electron chi connectivity index (χ4n) is 4.77. The van der Waals surface area contributed by atoms with E-state index in [4.69, 9.17) is 0 Å². The lowest BCUT2D eigenvalue weighted by Crippen LogP contribution is -2.47. The molecule has 0 spiro atoms. The Morgan fingerprint density at radius 3 is 1.96 bits per heavy atom. The molecule has 134 valence electrons. The van der Waals surface area contributed by atoms with E-state index in [1.807, 2.05) is 0 Å². The van der Waals surface area contributed by atoms with E-state index in [2.05, 4.69) is 96.3 Å². The predicted octanol–water partition coefficient (Wildman–Crippen LogP) is 4.49. The molecule has 0 heterocycles. The van der Waals surface area contributed by atoms with Gasteiger partial charge in [-0.15, -0.1) is 0 Å². The monoisotopic (exact) mass is 353 g/mol. The largest absolute Gasteiger partial charge is 0.396 e. The van der Waals surface area contributed by atoms with Crippen LogP contribution in [-0.4, -0.2) is 17.8 Å². The van der Waals surface area contributed by atoms with Crippen LogP contribution in [0.2, 0.25) is 0 Å². The Bertz CT molecular complexity index is 946. The van der Waals surface area contributed by atoms with Crippen LogP contribution in [0.3, 0.4) is 0 Å². The Morgan fingerprint density at radius 1 is 0.778 bits per heavy atom. The molecule has 3 aromatic rings. The molecule has 27 heavy (non-hydrogen) atoms. The van der Waals surface area contributed by atoms with Crippen molar-refractivity contribution >= 4 is 0 Å². The van der Waals surface area contributed by atoms with Crippen molar-refractivity contribution in [2.75, 3.05) is 6.61 Å². The summed E-state index contributed by atoms with van der Waals surface area (Å²) in [7, 11) is 0. The first kappa shape index (κ1) is 16.5. The molecule has 5 rings (SSSR count). The highest BCUT2D eigenvalue weighted by Gasteiger charge is 2.45. The lowest BCUT2D eigenvalue weighted by Gasteiger charge is -2.36. The van der Waals surface area contributed by atoms with Gasteiger partial charge in [0.2, 0.25) is 0 Å². The second-order valence-corrected chi connectivity index (χ2v) is 7.52. The van der Waals surface area contributed by atoms with E-state index in [9.17, 15) is 5.11 Å². The zero-order valence-corrected chi connectivity index (χ0v) is 15.2. The van der Waals surface area contributed by atoms with Crippen molar-refractivity contribution in [2.45, 2.75) is 18.0 Å². The van der Waals surface area contributed by atoms with Crippen molar-refractivity contribution in [3.8, 4) is 11.1 Å². The molecule has 0 aliphatic heterocycles. The third kappa shape index (κ3) is 2.48. The maximum Gasteiger partial charge on any atom is 0.0964 e. The van der Waals surface area contributed by atoms with Crippen LogP contribution in [0.15, 0.2) is 91.0 Å². The van der Waals surface area contributed by atoms with Gasteiger partial charge >= 0.3 is 0 Å². The van der Waals surface area contributed by atoms with Crippen LogP contribution in [0.5, 0.6) is 0 Å². The summed E-state index contributed by atoms with van der Waals surface area (Å²) in [6.07, 6.45) is 5.29. The zero-order valence-electron chi connectivity index (χ0n) is 15.2. The van der Waals surface area contributed by atoms with Crippen molar-refractivity contribution in [1.82, 2.24) is 5.32 Å². The van der Waals surface area contributed by atoms with Gasteiger partial charge in [0.15, 0.2) is 0 Å². The number of hydrogen-bond donors (Lipinski definition) is 2. The van der Waals surface area contributed by atoms with Crippen LogP contribution in [0.25, 0.3) is 11.1 Å². The molecule has 3 aromatic carbocycles. The highest BCUT2D eigenvalue weighted by molar-refractivity contribution is 5.83. The second kappa shape index (κ2) is 6.49. The topological polar surface area (TPSA) is 32.3 Å². The number of aliphatic hydroxyl groups excluding tert-OH is 1. The summed E-state index contributed by atoms with van der Waals surface area (Å²) in [5.74, 6) is 0.238. The van der Waals surface area contributed by atoms with E-state index in [0.29, 0.717) is 0 Å². The molecule has 0 saturated carbocycles. The van der Waals surface area contributed by atoms with Gasteiger partial charge in [-0.3, -0.25) is 5.32 Å². The van der Waals surface area contributed by atoms with Gasteiger partial charge in [0.05, 0.1) is 5.54 Å². The minimum absolute atomic E-state index is 0.209. The summed E-state index contributed by atoms with van der Waals surface area (Å²) in [6.45, 7) is 0.209. The molecule has 0 unspecified atom stereocenters. The standard InChI is InChI=1S/C25H23NO/c27-17-18-14-15-20(16-18)26-25(19-8-2-1-3-9-19)23-12-6-4-10-21(23)22-11-5-7-13-24(22)25/h1-15,18,20,26-27H,16-17H2/t18-,20+/m1/s1. The molecule has 2 N–H and O–H groups in total. The first-order valence-electron chi connectivity index (χ1n) is 9.65. The summed E-state index contributed by atoms with van der Waals surface area (Å²) in [4.78, 5) is 0. The molecule has 0 amide bonds. The highest BCUT2D eigenvalue weighted by Crippen LogP contribution is 2.51. The van der Waals surface area contributed by atoms with Crippen molar-refractivity contribution in [3.63, 3.8) is 0 Å². The van der Waals surface area contributed by atoms with Gasteiger partial charge in [-0.2, -0.15) is 0 Å². The SMILES string of the molecule is OC[C@@H]1C=C[C@H](NC2(c3ccccc3)c3ccccc3-c3ccccc32)C1. The lowest BCUT2D eigenvalue weighted by molar-refractivity contribution is 0.243. The maximum absolute atomic E-state index is 9.56. The van der Waals surface area contributed by atoms with Gasteiger partial charge in [-0.1, -0.05) is 91.0 Å². The van der Waals surface area contributed by atoms with Gasteiger partial charge in [-0.25, -0.2) is 0 Å². The van der Waals surface area contributed by atoms with Crippen molar-refractivity contribution in [3.05, 3.63) is 108 Å². The van der Waals surface area contributed by atoms with E-state index in [1.54, 1.807) is 0 Å². The Labute approximate surface area is 160 Å². The molecule has 2 nitrogen and oxygen atoms in total. The summed E-state index contributed by atoms with van der Waals surface area (Å²) in [6, 6.07) is 28.4. The van der Waals surface area contributed by atoms with Crippen LogP contribution in [0.4, 0.5) is 0 Å². The molecule has 2 heteroatoms. The quantitative estimate of drug-likeness (QED) is 0.678. The molecule has 2 aliphatic carbocycles. The Morgan fingerprint density at radius 2 is 1.37 bits per heavy atom. The number of hydrogen-bond acceptors (Lipinski definition) is 2. The van der Waals surface area contributed by atoms with Crippen molar-refractivity contribution in [1.29, 1.82) is 0 Å². The van der Waals surface area contributed by atoms with E-state index in [0.717, 1.165) is 6.42 Å². The average molecular weight is 353 g/mol. The van der Waals surface area contributed by atoms with Crippen LogP contribution >= 0.6 is 0 Å². The highest BCUT2D eigenvalue weighted by atomic mass is 16.3. The summed E-state index contributed by atoms with van der Waals surface area (Å²) < 4.78 is 0. The van der Waals surface area contributed by atoms with Gasteiger partial charge in [0.25, 0.3) is 0 Å². The third-order valence-electron chi connectivity index (χ3n) is 5.97. The second-order valence-electron chi connectivity index (χ2n) is 7.52. The minimum atomic E-state index is -0.381. The molecule has 2 aliphatic rings. The smallest absolute Gasteiger partial charge is 0.0964 e. The summed E-state index contributed by atoms with van der Waals surface area (Å²) >= 11 is 0. The van der Waals surface area contributed by atoms with Crippen LogP contribution < -0.4 is 5.32 Å². The fourth-order valence-corrected chi connectivity index (χ4v) is 4.77. The average Bonchev–Trinajstić information content (AvgIpc) is 3.31. The van der Waals surface area contributed by atoms with Crippen molar-refractivity contribution in [2.24, 2.45) is 5.92 Å². The Kier molecular flexibility index (Phi) is 3.96. The molecule has 2 atom stereocenters. The fraction of sp³-hybridized carbons (Fsp3) is 0.200. The molecule has 0 fully saturated rings.